The zero-order chi connectivity index (χ0) is 24.9. The lowest BCUT2D eigenvalue weighted by atomic mass is 9.77. The second-order valence-corrected chi connectivity index (χ2v) is 10.2. The van der Waals surface area contributed by atoms with E-state index < -0.39 is 15.4 Å². The molecule has 0 spiro atoms. The van der Waals surface area contributed by atoms with Gasteiger partial charge in [0, 0.05) is 11.6 Å². The molecule has 0 atom stereocenters. The molecule has 0 bridgehead atoms. The lowest BCUT2D eigenvalue weighted by Crippen LogP contribution is -2.19. The minimum Gasteiger partial charge on any atom is -0.491 e. The van der Waals surface area contributed by atoms with Crippen LogP contribution >= 0.6 is 11.6 Å². The normalized spacial score (nSPS) is 11.5. The molecular weight excluding hydrogens is 476 g/mol. The monoisotopic (exact) mass is 500 g/mol. The number of nitrogens with zero attached hydrogens (tertiary/aromatic N) is 3. The Hall–Kier alpha value is -3.35. The zero-order valence-corrected chi connectivity index (χ0v) is 20.9. The van der Waals surface area contributed by atoms with Crippen molar-refractivity contribution in [3.63, 3.8) is 0 Å². The molecule has 10 heteroatoms. The smallest absolute Gasteiger partial charge is 0.236 e. The first kappa shape index (κ1) is 25.3. The number of nitriles is 1. The average Bonchev–Trinajstić information content (AvgIpc) is 2.78. The number of ether oxygens (including phenoxy) is 2. The number of rotatable bonds is 9. The van der Waals surface area contributed by atoms with Crippen LogP contribution in [0.5, 0.6) is 11.5 Å². The van der Waals surface area contributed by atoms with Crippen LogP contribution in [-0.4, -0.2) is 31.2 Å². The van der Waals surface area contributed by atoms with E-state index in [2.05, 4.69) is 20.8 Å². The zero-order valence-electron chi connectivity index (χ0n) is 19.3. The summed E-state index contributed by atoms with van der Waals surface area (Å²) in [5.74, 6) is 1.01. The van der Waals surface area contributed by atoms with Gasteiger partial charge in [-0.1, -0.05) is 37.6 Å². The SMILES string of the molecule is CCOc1c(Cl)cc(C(C)(C)c2ccc(OCc3ccnc(NS(C)(=O)=O)n3)cc2)cc1C#N. The van der Waals surface area contributed by atoms with Crippen LogP contribution in [-0.2, 0) is 22.0 Å². The number of aromatic nitrogens is 2. The molecule has 0 fully saturated rings. The molecule has 1 aromatic heterocycles. The van der Waals surface area contributed by atoms with Crippen LogP contribution in [0.25, 0.3) is 0 Å². The molecule has 34 heavy (non-hydrogen) atoms. The molecule has 0 aliphatic heterocycles. The van der Waals surface area contributed by atoms with E-state index in [9.17, 15) is 13.7 Å². The molecule has 0 saturated carbocycles. The van der Waals surface area contributed by atoms with Crippen LogP contribution in [0.15, 0.2) is 48.7 Å². The van der Waals surface area contributed by atoms with Gasteiger partial charge in [0.15, 0.2) is 5.75 Å². The first-order valence-corrected chi connectivity index (χ1v) is 12.7. The van der Waals surface area contributed by atoms with E-state index in [1.54, 1.807) is 12.1 Å². The van der Waals surface area contributed by atoms with Gasteiger partial charge in [-0.05, 0) is 48.4 Å². The molecule has 1 N–H and O–H groups in total. The predicted octanol–water partition coefficient (Wildman–Crippen LogP) is 4.68. The number of hydrogen-bond acceptors (Lipinski definition) is 7. The fraction of sp³-hybridized carbons (Fsp3) is 0.292. The molecule has 0 aliphatic carbocycles. The van der Waals surface area contributed by atoms with Crippen molar-refractivity contribution >= 4 is 27.6 Å². The molecule has 0 amide bonds. The van der Waals surface area contributed by atoms with E-state index >= 15 is 0 Å². The summed E-state index contributed by atoms with van der Waals surface area (Å²) < 4.78 is 36.3. The van der Waals surface area contributed by atoms with Gasteiger partial charge in [0.05, 0.1) is 29.1 Å². The van der Waals surface area contributed by atoms with Crippen molar-refractivity contribution in [3.05, 3.63) is 76.1 Å². The number of sulfonamides is 1. The Morgan fingerprint density at radius 1 is 1.12 bits per heavy atom. The highest BCUT2D eigenvalue weighted by atomic mass is 35.5. The third-order valence-electron chi connectivity index (χ3n) is 5.13. The second kappa shape index (κ2) is 10.3. The van der Waals surface area contributed by atoms with Crippen LogP contribution in [0.1, 0.15) is 43.2 Å². The van der Waals surface area contributed by atoms with Gasteiger partial charge < -0.3 is 9.47 Å². The molecule has 0 aliphatic rings. The van der Waals surface area contributed by atoms with E-state index in [0.29, 0.717) is 34.4 Å². The van der Waals surface area contributed by atoms with Crippen molar-refractivity contribution in [2.24, 2.45) is 0 Å². The van der Waals surface area contributed by atoms with Crippen molar-refractivity contribution < 1.29 is 17.9 Å². The molecule has 3 aromatic rings. The van der Waals surface area contributed by atoms with Crippen LogP contribution in [0, 0.1) is 11.3 Å². The van der Waals surface area contributed by atoms with Crippen molar-refractivity contribution in [1.29, 1.82) is 5.26 Å². The second-order valence-electron chi connectivity index (χ2n) is 8.06. The predicted molar refractivity (Wildman–Crippen MR) is 131 cm³/mol. The Morgan fingerprint density at radius 2 is 1.82 bits per heavy atom. The first-order chi connectivity index (χ1) is 16.0. The standard InChI is InChI=1S/C24H25ClN4O4S/c1-5-32-22-16(14-26)12-18(13-21(22)25)24(2,3)17-6-8-20(9-7-17)33-15-19-10-11-27-23(28-19)29-34(4,30)31/h6-13H,5,15H2,1-4H3,(H,27,28,29). The minimum absolute atomic E-state index is 0.00791. The summed E-state index contributed by atoms with van der Waals surface area (Å²) in [5, 5.41) is 9.95. The van der Waals surface area contributed by atoms with Crippen LogP contribution < -0.4 is 14.2 Å². The maximum absolute atomic E-state index is 11.4. The summed E-state index contributed by atoms with van der Waals surface area (Å²) in [6, 6.07) is 15.0. The number of hydrogen-bond donors (Lipinski definition) is 1. The number of halogens is 1. The fourth-order valence-electron chi connectivity index (χ4n) is 3.31. The van der Waals surface area contributed by atoms with Crippen molar-refractivity contribution in [2.75, 3.05) is 17.6 Å². The quantitative estimate of drug-likeness (QED) is 0.453. The Kier molecular flexibility index (Phi) is 7.64. The average molecular weight is 501 g/mol. The van der Waals surface area contributed by atoms with E-state index in [4.69, 9.17) is 21.1 Å². The van der Waals surface area contributed by atoms with E-state index in [0.717, 1.165) is 17.4 Å². The molecule has 0 unspecified atom stereocenters. The van der Waals surface area contributed by atoms with Gasteiger partial charge >= 0.3 is 0 Å². The Bertz CT molecular complexity index is 1320. The maximum atomic E-state index is 11.4. The van der Waals surface area contributed by atoms with Crippen molar-refractivity contribution in [2.45, 2.75) is 32.8 Å². The highest BCUT2D eigenvalue weighted by Crippen LogP contribution is 2.38. The summed E-state index contributed by atoms with van der Waals surface area (Å²) in [4.78, 5) is 8.03. The molecule has 8 nitrogen and oxygen atoms in total. The Balaban J connectivity index is 1.76. The van der Waals surface area contributed by atoms with Crippen molar-refractivity contribution in [1.82, 2.24) is 9.97 Å². The highest BCUT2D eigenvalue weighted by Gasteiger charge is 2.26. The van der Waals surface area contributed by atoms with Crippen LogP contribution in [0.4, 0.5) is 5.95 Å². The topological polar surface area (TPSA) is 114 Å². The van der Waals surface area contributed by atoms with Crippen LogP contribution in [0.2, 0.25) is 5.02 Å². The molecule has 0 radical (unpaired) electrons. The van der Waals surface area contributed by atoms with Gasteiger partial charge in [-0.15, -0.1) is 0 Å². The third kappa shape index (κ3) is 6.16. The summed E-state index contributed by atoms with van der Waals surface area (Å²) >= 11 is 6.41. The van der Waals surface area contributed by atoms with Gasteiger partial charge in [0.25, 0.3) is 0 Å². The van der Waals surface area contributed by atoms with Gasteiger partial charge in [0.1, 0.15) is 18.4 Å². The summed E-state index contributed by atoms with van der Waals surface area (Å²) in [7, 11) is -3.46. The van der Waals surface area contributed by atoms with Crippen LogP contribution in [0.3, 0.4) is 0 Å². The summed E-state index contributed by atoms with van der Waals surface area (Å²) in [6.07, 6.45) is 2.49. The minimum atomic E-state index is -3.46. The summed E-state index contributed by atoms with van der Waals surface area (Å²) in [5.41, 5.74) is 2.38. The largest absolute Gasteiger partial charge is 0.491 e. The molecule has 2 aromatic carbocycles. The molecule has 0 saturated heterocycles. The highest BCUT2D eigenvalue weighted by molar-refractivity contribution is 7.91. The van der Waals surface area contributed by atoms with E-state index in [-0.39, 0.29) is 12.6 Å². The lowest BCUT2D eigenvalue weighted by Gasteiger charge is -2.27. The first-order valence-electron chi connectivity index (χ1n) is 10.4. The van der Waals surface area contributed by atoms with E-state index in [1.165, 1.54) is 6.20 Å². The van der Waals surface area contributed by atoms with Gasteiger partial charge in [-0.25, -0.2) is 18.4 Å². The Morgan fingerprint density at radius 3 is 2.44 bits per heavy atom. The summed E-state index contributed by atoms with van der Waals surface area (Å²) in [6.45, 7) is 6.50. The molecular formula is C24H25ClN4O4S. The lowest BCUT2D eigenvalue weighted by molar-refractivity contribution is 0.301. The number of anilines is 1. The van der Waals surface area contributed by atoms with Gasteiger partial charge in [0.2, 0.25) is 16.0 Å². The number of benzene rings is 2. The van der Waals surface area contributed by atoms with Crippen molar-refractivity contribution in [3.8, 4) is 17.6 Å². The maximum Gasteiger partial charge on any atom is 0.236 e. The Labute approximate surface area is 204 Å². The van der Waals surface area contributed by atoms with E-state index in [1.807, 2.05) is 51.1 Å². The van der Waals surface area contributed by atoms with Gasteiger partial charge in [-0.3, -0.25) is 4.72 Å². The molecule has 178 valence electrons. The fourth-order valence-corrected chi connectivity index (χ4v) is 4.02. The molecule has 3 rings (SSSR count). The number of nitrogens with one attached hydrogen (secondary N) is 1. The molecule has 1 heterocycles. The third-order valence-corrected chi connectivity index (χ3v) is 5.96. The van der Waals surface area contributed by atoms with Gasteiger partial charge in [-0.2, -0.15) is 5.26 Å².